The fraction of sp³-hybridized carbons (Fsp3) is 0.385. The number of aryl methyl sites for hydroxylation is 2. The third kappa shape index (κ3) is 3.71. The molecule has 0 aliphatic carbocycles. The molecule has 0 fully saturated rings. The Labute approximate surface area is 101 Å². The van der Waals surface area contributed by atoms with Gasteiger partial charge in [-0.1, -0.05) is 11.6 Å². The molecule has 2 heteroatoms. The standard InChI is InChI=1S/C13H18BrN/c1-9(2)5-6-15-13-11(4)7-10(3)8-12(13)14/h7-8,15H,1,5-6H2,2-4H3. The van der Waals surface area contributed by atoms with Crippen LogP contribution in [-0.4, -0.2) is 6.54 Å². The largest absolute Gasteiger partial charge is 0.384 e. The number of rotatable bonds is 4. The van der Waals surface area contributed by atoms with Crippen LogP contribution in [0.15, 0.2) is 28.8 Å². The Bertz CT molecular complexity index is 346. The summed E-state index contributed by atoms with van der Waals surface area (Å²) in [6, 6.07) is 4.32. The molecule has 0 unspecified atom stereocenters. The van der Waals surface area contributed by atoms with Crippen molar-refractivity contribution in [2.75, 3.05) is 11.9 Å². The molecule has 1 nitrogen and oxygen atoms in total. The average molecular weight is 268 g/mol. The van der Waals surface area contributed by atoms with Gasteiger partial charge in [-0.3, -0.25) is 0 Å². The molecular weight excluding hydrogens is 250 g/mol. The van der Waals surface area contributed by atoms with Gasteiger partial charge in [-0.05, 0) is 60.3 Å². The highest BCUT2D eigenvalue weighted by atomic mass is 79.9. The van der Waals surface area contributed by atoms with E-state index in [1.54, 1.807) is 0 Å². The minimum absolute atomic E-state index is 0.942. The first-order valence-corrected chi connectivity index (χ1v) is 5.95. The van der Waals surface area contributed by atoms with Gasteiger partial charge < -0.3 is 5.32 Å². The predicted octanol–water partition coefficient (Wildman–Crippen LogP) is 4.44. The van der Waals surface area contributed by atoms with Crippen LogP contribution in [0.4, 0.5) is 5.69 Å². The minimum Gasteiger partial charge on any atom is -0.384 e. The van der Waals surface area contributed by atoms with Crippen LogP contribution in [0.1, 0.15) is 24.5 Å². The number of hydrogen-bond acceptors (Lipinski definition) is 1. The molecule has 0 spiro atoms. The monoisotopic (exact) mass is 267 g/mol. The minimum atomic E-state index is 0.942. The topological polar surface area (TPSA) is 12.0 Å². The van der Waals surface area contributed by atoms with Gasteiger partial charge in [-0.15, -0.1) is 6.58 Å². The highest BCUT2D eigenvalue weighted by Crippen LogP contribution is 2.27. The summed E-state index contributed by atoms with van der Waals surface area (Å²) >= 11 is 3.58. The molecule has 0 aromatic heterocycles. The molecular formula is C13H18BrN. The molecule has 0 amide bonds. The van der Waals surface area contributed by atoms with Crippen LogP contribution in [0.2, 0.25) is 0 Å². The summed E-state index contributed by atoms with van der Waals surface area (Å²) in [6.45, 7) is 11.1. The third-order valence-electron chi connectivity index (χ3n) is 2.29. The van der Waals surface area contributed by atoms with Gasteiger partial charge in [0.1, 0.15) is 0 Å². The Morgan fingerprint density at radius 2 is 2.07 bits per heavy atom. The van der Waals surface area contributed by atoms with Gasteiger partial charge >= 0.3 is 0 Å². The van der Waals surface area contributed by atoms with Crippen LogP contribution in [0, 0.1) is 13.8 Å². The lowest BCUT2D eigenvalue weighted by Crippen LogP contribution is -2.04. The maximum absolute atomic E-state index is 3.89. The number of nitrogens with one attached hydrogen (secondary N) is 1. The average Bonchev–Trinajstić information content (AvgIpc) is 2.08. The maximum Gasteiger partial charge on any atom is 0.0514 e. The Balaban J connectivity index is 2.72. The van der Waals surface area contributed by atoms with E-state index in [9.17, 15) is 0 Å². The lowest BCUT2D eigenvalue weighted by atomic mass is 10.1. The Morgan fingerprint density at radius 3 is 2.60 bits per heavy atom. The van der Waals surface area contributed by atoms with Gasteiger partial charge in [0.2, 0.25) is 0 Å². The Hall–Kier alpha value is -0.760. The van der Waals surface area contributed by atoms with E-state index in [0.29, 0.717) is 0 Å². The zero-order chi connectivity index (χ0) is 11.4. The van der Waals surface area contributed by atoms with Gasteiger partial charge in [0, 0.05) is 11.0 Å². The van der Waals surface area contributed by atoms with E-state index in [2.05, 4.69) is 60.7 Å². The van der Waals surface area contributed by atoms with Crippen LogP contribution in [0.5, 0.6) is 0 Å². The molecule has 0 radical (unpaired) electrons. The van der Waals surface area contributed by atoms with Gasteiger partial charge in [-0.2, -0.15) is 0 Å². The van der Waals surface area contributed by atoms with Gasteiger partial charge in [0.25, 0.3) is 0 Å². The van der Waals surface area contributed by atoms with Crippen LogP contribution in [0.25, 0.3) is 0 Å². The summed E-state index contributed by atoms with van der Waals surface area (Å²) in [5, 5.41) is 3.43. The normalized spacial score (nSPS) is 10.1. The highest BCUT2D eigenvalue weighted by molar-refractivity contribution is 9.10. The zero-order valence-corrected chi connectivity index (χ0v) is 11.2. The van der Waals surface area contributed by atoms with Crippen molar-refractivity contribution in [3.8, 4) is 0 Å². The second-order valence-electron chi connectivity index (χ2n) is 4.07. The van der Waals surface area contributed by atoms with Gasteiger partial charge in [0.05, 0.1) is 5.69 Å². The first kappa shape index (κ1) is 12.3. The van der Waals surface area contributed by atoms with Crippen molar-refractivity contribution in [1.29, 1.82) is 0 Å². The predicted molar refractivity (Wildman–Crippen MR) is 71.5 cm³/mol. The van der Waals surface area contributed by atoms with Crippen LogP contribution in [-0.2, 0) is 0 Å². The second-order valence-corrected chi connectivity index (χ2v) is 4.93. The molecule has 0 heterocycles. The van der Waals surface area contributed by atoms with E-state index < -0.39 is 0 Å². The zero-order valence-electron chi connectivity index (χ0n) is 9.65. The van der Waals surface area contributed by atoms with Gasteiger partial charge in [0.15, 0.2) is 0 Å². The molecule has 1 aromatic carbocycles. The van der Waals surface area contributed by atoms with Gasteiger partial charge in [-0.25, -0.2) is 0 Å². The van der Waals surface area contributed by atoms with Crippen LogP contribution >= 0.6 is 15.9 Å². The molecule has 15 heavy (non-hydrogen) atoms. The molecule has 0 aliphatic heterocycles. The van der Waals surface area contributed by atoms with E-state index in [0.717, 1.165) is 17.4 Å². The number of anilines is 1. The first-order valence-electron chi connectivity index (χ1n) is 5.15. The number of hydrogen-bond donors (Lipinski definition) is 1. The van der Waals surface area contributed by atoms with Crippen molar-refractivity contribution < 1.29 is 0 Å². The molecule has 82 valence electrons. The smallest absolute Gasteiger partial charge is 0.0514 e. The molecule has 0 saturated carbocycles. The second kappa shape index (κ2) is 5.36. The molecule has 0 bridgehead atoms. The number of benzene rings is 1. The summed E-state index contributed by atoms with van der Waals surface area (Å²) in [4.78, 5) is 0. The summed E-state index contributed by atoms with van der Waals surface area (Å²) in [5.74, 6) is 0. The first-order chi connectivity index (χ1) is 7.00. The molecule has 0 atom stereocenters. The van der Waals surface area contributed by atoms with Crippen LogP contribution in [0.3, 0.4) is 0 Å². The van der Waals surface area contributed by atoms with E-state index in [4.69, 9.17) is 0 Å². The third-order valence-corrected chi connectivity index (χ3v) is 2.91. The lowest BCUT2D eigenvalue weighted by molar-refractivity contribution is 0.998. The van der Waals surface area contributed by atoms with Crippen molar-refractivity contribution in [3.05, 3.63) is 39.9 Å². The molecule has 1 aromatic rings. The Kier molecular flexibility index (Phi) is 4.40. The Morgan fingerprint density at radius 1 is 1.40 bits per heavy atom. The molecule has 1 rings (SSSR count). The number of halogens is 1. The molecule has 0 aliphatic rings. The van der Waals surface area contributed by atoms with Crippen molar-refractivity contribution in [2.45, 2.75) is 27.2 Å². The van der Waals surface area contributed by atoms with E-state index in [1.807, 2.05) is 0 Å². The van der Waals surface area contributed by atoms with Crippen molar-refractivity contribution in [2.24, 2.45) is 0 Å². The fourth-order valence-corrected chi connectivity index (χ4v) is 2.35. The van der Waals surface area contributed by atoms with Crippen molar-refractivity contribution in [3.63, 3.8) is 0 Å². The van der Waals surface area contributed by atoms with E-state index in [1.165, 1.54) is 22.4 Å². The summed E-state index contributed by atoms with van der Waals surface area (Å²) in [5.41, 5.74) is 4.97. The fourth-order valence-electron chi connectivity index (χ4n) is 1.54. The molecule has 1 N–H and O–H groups in total. The van der Waals surface area contributed by atoms with Crippen LogP contribution < -0.4 is 5.32 Å². The summed E-state index contributed by atoms with van der Waals surface area (Å²) in [7, 11) is 0. The maximum atomic E-state index is 3.89. The summed E-state index contributed by atoms with van der Waals surface area (Å²) < 4.78 is 1.14. The van der Waals surface area contributed by atoms with Crippen molar-refractivity contribution >= 4 is 21.6 Å². The molecule has 0 saturated heterocycles. The SMILES string of the molecule is C=C(C)CCNc1c(C)cc(C)cc1Br. The van der Waals surface area contributed by atoms with Crippen molar-refractivity contribution in [1.82, 2.24) is 0 Å². The van der Waals surface area contributed by atoms with E-state index >= 15 is 0 Å². The van der Waals surface area contributed by atoms with E-state index in [-0.39, 0.29) is 0 Å². The highest BCUT2D eigenvalue weighted by Gasteiger charge is 2.03. The summed E-state index contributed by atoms with van der Waals surface area (Å²) in [6.07, 6.45) is 1.01. The quantitative estimate of drug-likeness (QED) is 0.796. The lowest BCUT2D eigenvalue weighted by Gasteiger charge is -2.12.